The first-order valence-electron chi connectivity index (χ1n) is 6.21. The standard InChI is InChI=1S/C12H19N3O3S/c13-10-1-2-11(12(7-10)19(14,16)17)15-8-9-3-5-18-6-4-9/h1-2,7,9,15H,3-6,8,13H2,(H2,14,16,17). The van der Waals surface area contributed by atoms with Crippen molar-refractivity contribution < 1.29 is 13.2 Å². The second-order valence-electron chi connectivity index (χ2n) is 4.74. The van der Waals surface area contributed by atoms with Crippen LogP contribution in [-0.2, 0) is 14.8 Å². The molecule has 0 atom stereocenters. The van der Waals surface area contributed by atoms with Crippen LogP contribution in [0.25, 0.3) is 0 Å². The first kappa shape index (κ1) is 14.1. The molecule has 1 fully saturated rings. The highest BCUT2D eigenvalue weighted by Gasteiger charge is 2.17. The fourth-order valence-corrected chi connectivity index (χ4v) is 2.87. The fourth-order valence-electron chi connectivity index (χ4n) is 2.13. The lowest BCUT2D eigenvalue weighted by Crippen LogP contribution is -2.24. The summed E-state index contributed by atoms with van der Waals surface area (Å²) in [5, 5.41) is 8.34. The molecule has 2 rings (SSSR count). The van der Waals surface area contributed by atoms with E-state index in [0.29, 0.717) is 23.8 Å². The summed E-state index contributed by atoms with van der Waals surface area (Å²) in [6, 6.07) is 4.68. The van der Waals surface area contributed by atoms with Crippen LogP contribution in [0.2, 0.25) is 0 Å². The summed E-state index contributed by atoms with van der Waals surface area (Å²) in [5.74, 6) is 0.486. The number of anilines is 2. The molecule has 0 bridgehead atoms. The van der Waals surface area contributed by atoms with Gasteiger partial charge in [-0.1, -0.05) is 0 Å². The second-order valence-corrected chi connectivity index (χ2v) is 6.27. The van der Waals surface area contributed by atoms with Gasteiger partial charge in [0.1, 0.15) is 4.90 Å². The Kier molecular flexibility index (Phi) is 4.28. The largest absolute Gasteiger partial charge is 0.399 e. The molecule has 106 valence electrons. The minimum atomic E-state index is -3.78. The molecule has 1 heterocycles. The van der Waals surface area contributed by atoms with E-state index in [1.807, 2.05) is 0 Å². The number of ether oxygens (including phenoxy) is 1. The Morgan fingerprint density at radius 3 is 2.63 bits per heavy atom. The Bertz CT molecular complexity index is 539. The molecule has 6 nitrogen and oxygen atoms in total. The van der Waals surface area contributed by atoms with Crippen molar-refractivity contribution in [2.24, 2.45) is 11.1 Å². The van der Waals surface area contributed by atoms with E-state index in [1.54, 1.807) is 12.1 Å². The summed E-state index contributed by atoms with van der Waals surface area (Å²) in [6.07, 6.45) is 1.96. The molecule has 1 saturated heterocycles. The smallest absolute Gasteiger partial charge is 0.240 e. The monoisotopic (exact) mass is 285 g/mol. The lowest BCUT2D eigenvalue weighted by molar-refractivity contribution is 0.0699. The first-order valence-corrected chi connectivity index (χ1v) is 7.75. The van der Waals surface area contributed by atoms with Gasteiger partial charge in [-0.15, -0.1) is 0 Å². The van der Waals surface area contributed by atoms with Crippen molar-refractivity contribution in [1.29, 1.82) is 0 Å². The molecular formula is C12H19N3O3S. The maximum atomic E-state index is 11.5. The molecule has 1 aromatic carbocycles. The molecule has 1 aromatic rings. The van der Waals surface area contributed by atoms with Crippen molar-refractivity contribution >= 4 is 21.4 Å². The van der Waals surface area contributed by atoms with Crippen LogP contribution in [0.15, 0.2) is 23.1 Å². The normalized spacial score (nSPS) is 17.3. The van der Waals surface area contributed by atoms with E-state index in [0.717, 1.165) is 26.1 Å². The maximum absolute atomic E-state index is 11.5. The molecule has 0 radical (unpaired) electrons. The number of nitrogen functional groups attached to an aromatic ring is 1. The van der Waals surface area contributed by atoms with Crippen LogP contribution in [-0.4, -0.2) is 28.2 Å². The van der Waals surface area contributed by atoms with Gasteiger partial charge in [-0.05, 0) is 37.0 Å². The number of rotatable bonds is 4. The van der Waals surface area contributed by atoms with Gasteiger partial charge in [-0.3, -0.25) is 0 Å². The summed E-state index contributed by atoms with van der Waals surface area (Å²) >= 11 is 0. The highest BCUT2D eigenvalue weighted by atomic mass is 32.2. The molecule has 0 aliphatic carbocycles. The van der Waals surface area contributed by atoms with Crippen LogP contribution in [0.3, 0.4) is 0 Å². The molecule has 0 spiro atoms. The number of sulfonamides is 1. The average molecular weight is 285 g/mol. The zero-order valence-corrected chi connectivity index (χ0v) is 11.4. The Hall–Kier alpha value is -1.31. The third-order valence-electron chi connectivity index (χ3n) is 3.23. The van der Waals surface area contributed by atoms with Crippen LogP contribution in [0.1, 0.15) is 12.8 Å². The van der Waals surface area contributed by atoms with Crippen LogP contribution in [0.5, 0.6) is 0 Å². The third kappa shape index (κ3) is 3.82. The van der Waals surface area contributed by atoms with Crippen LogP contribution in [0.4, 0.5) is 11.4 Å². The van der Waals surface area contributed by atoms with Crippen molar-refractivity contribution in [3.8, 4) is 0 Å². The van der Waals surface area contributed by atoms with Crippen molar-refractivity contribution in [2.75, 3.05) is 30.8 Å². The van der Waals surface area contributed by atoms with Gasteiger partial charge in [0.25, 0.3) is 0 Å². The Morgan fingerprint density at radius 2 is 2.00 bits per heavy atom. The van der Waals surface area contributed by atoms with Crippen molar-refractivity contribution in [2.45, 2.75) is 17.7 Å². The lowest BCUT2D eigenvalue weighted by atomic mass is 10.0. The Labute approximate surface area is 113 Å². The van der Waals surface area contributed by atoms with E-state index < -0.39 is 10.0 Å². The second kappa shape index (κ2) is 5.77. The van der Waals surface area contributed by atoms with Gasteiger partial charge in [0, 0.05) is 25.4 Å². The van der Waals surface area contributed by atoms with Gasteiger partial charge in [0.05, 0.1) is 5.69 Å². The summed E-state index contributed by atoms with van der Waals surface area (Å²) in [4.78, 5) is 0.0413. The number of benzene rings is 1. The van der Waals surface area contributed by atoms with Crippen LogP contribution >= 0.6 is 0 Å². The molecule has 0 aromatic heterocycles. The van der Waals surface area contributed by atoms with Gasteiger partial charge >= 0.3 is 0 Å². The minimum Gasteiger partial charge on any atom is -0.399 e. The van der Waals surface area contributed by atoms with Gasteiger partial charge in [0.15, 0.2) is 0 Å². The molecule has 0 unspecified atom stereocenters. The molecule has 0 amide bonds. The molecule has 1 aliphatic heterocycles. The molecular weight excluding hydrogens is 266 g/mol. The zero-order chi connectivity index (χ0) is 13.9. The number of primary sulfonamides is 1. The van der Waals surface area contributed by atoms with E-state index in [1.165, 1.54) is 6.07 Å². The number of hydrogen-bond acceptors (Lipinski definition) is 5. The molecule has 19 heavy (non-hydrogen) atoms. The van der Waals surface area contributed by atoms with Gasteiger partial charge < -0.3 is 15.8 Å². The number of nitrogens with one attached hydrogen (secondary N) is 1. The SMILES string of the molecule is Nc1ccc(NCC2CCOCC2)c(S(N)(=O)=O)c1. The zero-order valence-electron chi connectivity index (χ0n) is 10.6. The number of nitrogens with two attached hydrogens (primary N) is 2. The van der Waals surface area contributed by atoms with Gasteiger partial charge in [-0.25, -0.2) is 13.6 Å². The summed E-state index contributed by atoms with van der Waals surface area (Å²) in [7, 11) is -3.78. The van der Waals surface area contributed by atoms with Gasteiger partial charge in [0.2, 0.25) is 10.0 Å². The fraction of sp³-hybridized carbons (Fsp3) is 0.500. The Balaban J connectivity index is 2.11. The minimum absolute atomic E-state index is 0.0413. The summed E-state index contributed by atoms with van der Waals surface area (Å²) < 4.78 is 28.3. The third-order valence-corrected chi connectivity index (χ3v) is 4.19. The first-order chi connectivity index (χ1) is 8.97. The quantitative estimate of drug-likeness (QED) is 0.708. The average Bonchev–Trinajstić information content (AvgIpc) is 2.37. The predicted octanol–water partition coefficient (Wildman–Crippen LogP) is 0.755. The van der Waals surface area contributed by atoms with E-state index in [4.69, 9.17) is 15.6 Å². The van der Waals surface area contributed by atoms with E-state index in [2.05, 4.69) is 5.32 Å². The van der Waals surface area contributed by atoms with E-state index in [9.17, 15) is 8.42 Å². The van der Waals surface area contributed by atoms with E-state index >= 15 is 0 Å². The summed E-state index contributed by atoms with van der Waals surface area (Å²) in [5.41, 5.74) is 6.48. The van der Waals surface area contributed by atoms with Crippen molar-refractivity contribution in [3.05, 3.63) is 18.2 Å². The molecule has 7 heteroatoms. The highest BCUT2D eigenvalue weighted by molar-refractivity contribution is 7.89. The van der Waals surface area contributed by atoms with E-state index in [-0.39, 0.29) is 4.90 Å². The summed E-state index contributed by atoms with van der Waals surface area (Å²) in [6.45, 7) is 2.22. The maximum Gasteiger partial charge on any atom is 0.240 e. The topological polar surface area (TPSA) is 107 Å². The van der Waals surface area contributed by atoms with Crippen molar-refractivity contribution in [1.82, 2.24) is 0 Å². The molecule has 1 aliphatic rings. The van der Waals surface area contributed by atoms with Gasteiger partial charge in [-0.2, -0.15) is 0 Å². The van der Waals surface area contributed by atoms with Crippen molar-refractivity contribution in [3.63, 3.8) is 0 Å². The van der Waals surface area contributed by atoms with Crippen LogP contribution in [0, 0.1) is 5.92 Å². The lowest BCUT2D eigenvalue weighted by Gasteiger charge is -2.23. The van der Waals surface area contributed by atoms with Crippen LogP contribution < -0.4 is 16.2 Å². The Morgan fingerprint density at radius 1 is 1.32 bits per heavy atom. The highest BCUT2D eigenvalue weighted by Crippen LogP contribution is 2.24. The molecule has 5 N–H and O–H groups in total. The molecule has 0 saturated carbocycles. The number of hydrogen-bond donors (Lipinski definition) is 3. The predicted molar refractivity (Wildman–Crippen MR) is 74.3 cm³/mol.